The van der Waals surface area contributed by atoms with Crippen LogP contribution in [0.1, 0.15) is 17.5 Å². The Morgan fingerprint density at radius 1 is 1.18 bits per heavy atom. The molecule has 1 aromatic carbocycles. The van der Waals surface area contributed by atoms with Crippen LogP contribution in [-0.2, 0) is 14.3 Å². The van der Waals surface area contributed by atoms with Gasteiger partial charge in [-0.15, -0.1) is 11.3 Å². The lowest BCUT2D eigenvalue weighted by Crippen LogP contribution is -2.35. The molecule has 0 bridgehead atoms. The van der Waals surface area contributed by atoms with Gasteiger partial charge in [0.2, 0.25) is 0 Å². The molecule has 1 atom stereocenters. The second-order valence-corrected chi connectivity index (χ2v) is 6.54. The van der Waals surface area contributed by atoms with Gasteiger partial charge < -0.3 is 14.5 Å². The second-order valence-electron chi connectivity index (χ2n) is 5.69. The number of nitrogens with zero attached hydrogens (tertiary/aromatic N) is 1. The summed E-state index contributed by atoms with van der Waals surface area (Å²) in [5, 5.41) is 7.19. The third-order valence-electron chi connectivity index (χ3n) is 3.62. The molecule has 0 spiro atoms. The molecule has 144 valence electrons. The Labute approximate surface area is 164 Å². The molecule has 0 aliphatic heterocycles. The third-order valence-corrected chi connectivity index (χ3v) is 4.38. The van der Waals surface area contributed by atoms with Gasteiger partial charge >= 0.3 is 5.97 Å². The molecule has 0 radical (unpaired) electrons. The first kappa shape index (κ1) is 19.3. The maximum absolute atomic E-state index is 12.2. The van der Waals surface area contributed by atoms with E-state index in [2.05, 4.69) is 15.6 Å². The van der Waals surface area contributed by atoms with Gasteiger partial charge in [0.05, 0.1) is 12.0 Å². The molecular formula is C19H17N3O5S. The second kappa shape index (κ2) is 8.96. The van der Waals surface area contributed by atoms with Crippen molar-refractivity contribution in [1.82, 2.24) is 10.3 Å². The lowest BCUT2D eigenvalue weighted by Gasteiger charge is -2.12. The molecule has 0 saturated carbocycles. The minimum atomic E-state index is -1.04. The summed E-state index contributed by atoms with van der Waals surface area (Å²) >= 11 is 1.27. The van der Waals surface area contributed by atoms with E-state index < -0.39 is 23.9 Å². The van der Waals surface area contributed by atoms with Crippen LogP contribution in [-0.4, -0.2) is 35.4 Å². The number of nitrogens with one attached hydrogen (secondary N) is 2. The van der Waals surface area contributed by atoms with Gasteiger partial charge in [-0.25, -0.2) is 4.98 Å². The first-order valence-corrected chi connectivity index (χ1v) is 9.24. The van der Waals surface area contributed by atoms with Crippen LogP contribution in [0.25, 0.3) is 11.3 Å². The van der Waals surface area contributed by atoms with Crippen molar-refractivity contribution in [3.8, 4) is 11.3 Å². The number of furan rings is 1. The lowest BCUT2D eigenvalue weighted by atomic mass is 10.2. The predicted molar refractivity (Wildman–Crippen MR) is 103 cm³/mol. The minimum Gasteiger partial charge on any atom is -0.459 e. The summed E-state index contributed by atoms with van der Waals surface area (Å²) in [4.78, 5) is 40.0. The van der Waals surface area contributed by atoms with E-state index >= 15 is 0 Å². The number of hydrogen-bond donors (Lipinski definition) is 2. The first-order chi connectivity index (χ1) is 13.5. The number of rotatable bonds is 7. The smallest absolute Gasteiger partial charge is 0.326 e. The molecule has 2 aromatic heterocycles. The highest BCUT2D eigenvalue weighted by atomic mass is 32.1. The zero-order valence-corrected chi connectivity index (χ0v) is 15.7. The number of carbonyl (C=O) groups is 3. The van der Waals surface area contributed by atoms with Crippen LogP contribution in [0.15, 0.2) is 58.5 Å². The number of carbonyl (C=O) groups excluding carboxylic acids is 3. The zero-order chi connectivity index (χ0) is 19.9. The summed E-state index contributed by atoms with van der Waals surface area (Å²) < 4.78 is 9.94. The average Bonchev–Trinajstić information content (AvgIpc) is 3.39. The van der Waals surface area contributed by atoms with Gasteiger partial charge in [-0.3, -0.25) is 19.7 Å². The topological polar surface area (TPSA) is 111 Å². The van der Waals surface area contributed by atoms with Crippen molar-refractivity contribution in [3.63, 3.8) is 0 Å². The highest BCUT2D eigenvalue weighted by molar-refractivity contribution is 7.14. The molecule has 3 aromatic rings. The van der Waals surface area contributed by atoms with Gasteiger partial charge in [0.25, 0.3) is 11.8 Å². The SMILES string of the molecule is CC(OC(=O)CNC(=O)c1ccco1)C(=O)Nc1nc(-c2ccccc2)cs1. The van der Waals surface area contributed by atoms with E-state index in [0.29, 0.717) is 5.13 Å². The van der Waals surface area contributed by atoms with Gasteiger partial charge in [0.1, 0.15) is 6.54 Å². The van der Waals surface area contributed by atoms with E-state index in [4.69, 9.17) is 9.15 Å². The van der Waals surface area contributed by atoms with Crippen molar-refractivity contribution in [3.05, 3.63) is 59.9 Å². The highest BCUT2D eigenvalue weighted by Crippen LogP contribution is 2.24. The van der Waals surface area contributed by atoms with Crippen LogP contribution in [0.4, 0.5) is 5.13 Å². The average molecular weight is 399 g/mol. The van der Waals surface area contributed by atoms with E-state index in [1.807, 2.05) is 35.7 Å². The number of aromatic nitrogens is 1. The quantitative estimate of drug-likeness (QED) is 0.591. The standard InChI is InChI=1S/C19H17N3O5S/c1-12(27-16(23)10-20-18(25)15-8-5-9-26-15)17(24)22-19-21-14(11-28-19)13-6-3-2-4-7-13/h2-9,11-12H,10H2,1H3,(H,20,25)(H,21,22,24). The number of hydrogen-bond acceptors (Lipinski definition) is 7. The maximum Gasteiger partial charge on any atom is 0.326 e. The summed E-state index contributed by atoms with van der Waals surface area (Å²) in [5.41, 5.74) is 1.68. The van der Waals surface area contributed by atoms with Crippen molar-refractivity contribution < 1.29 is 23.5 Å². The van der Waals surface area contributed by atoms with Crippen molar-refractivity contribution in [1.29, 1.82) is 0 Å². The summed E-state index contributed by atoms with van der Waals surface area (Å²) in [5.74, 6) is -1.72. The van der Waals surface area contributed by atoms with Gasteiger partial charge in [0, 0.05) is 10.9 Å². The maximum atomic E-state index is 12.2. The molecule has 8 nitrogen and oxygen atoms in total. The molecule has 2 amide bonds. The first-order valence-electron chi connectivity index (χ1n) is 8.36. The van der Waals surface area contributed by atoms with Crippen molar-refractivity contribution in [2.45, 2.75) is 13.0 Å². The number of amides is 2. The Balaban J connectivity index is 1.47. The number of thiazole rings is 1. The van der Waals surface area contributed by atoms with E-state index in [-0.39, 0.29) is 12.3 Å². The Bertz CT molecular complexity index is 953. The molecule has 1 unspecified atom stereocenters. The fourth-order valence-electron chi connectivity index (χ4n) is 2.22. The minimum absolute atomic E-state index is 0.0802. The van der Waals surface area contributed by atoms with Crippen molar-refractivity contribution in [2.24, 2.45) is 0 Å². The predicted octanol–water partition coefficient (Wildman–Crippen LogP) is 2.70. The monoisotopic (exact) mass is 399 g/mol. The van der Waals surface area contributed by atoms with E-state index in [9.17, 15) is 14.4 Å². The molecular weight excluding hydrogens is 382 g/mol. The van der Waals surface area contributed by atoms with Crippen LogP contribution in [0.2, 0.25) is 0 Å². The van der Waals surface area contributed by atoms with E-state index in [0.717, 1.165) is 11.3 Å². The van der Waals surface area contributed by atoms with Crippen LogP contribution in [0, 0.1) is 0 Å². The van der Waals surface area contributed by atoms with Gasteiger partial charge in [0.15, 0.2) is 17.0 Å². The largest absolute Gasteiger partial charge is 0.459 e. The van der Waals surface area contributed by atoms with Gasteiger partial charge in [-0.1, -0.05) is 30.3 Å². The summed E-state index contributed by atoms with van der Waals surface area (Å²) in [6.07, 6.45) is 0.304. The Morgan fingerprint density at radius 3 is 2.68 bits per heavy atom. The highest BCUT2D eigenvalue weighted by Gasteiger charge is 2.20. The Kier molecular flexibility index (Phi) is 6.18. The summed E-state index contributed by atoms with van der Waals surface area (Å²) in [7, 11) is 0. The fraction of sp³-hybridized carbons (Fsp3) is 0.158. The fourth-order valence-corrected chi connectivity index (χ4v) is 2.94. The molecule has 0 saturated heterocycles. The van der Waals surface area contributed by atoms with Crippen LogP contribution in [0.3, 0.4) is 0 Å². The Hall–Kier alpha value is -3.46. The molecule has 9 heteroatoms. The molecule has 0 fully saturated rings. The zero-order valence-electron chi connectivity index (χ0n) is 14.9. The van der Waals surface area contributed by atoms with E-state index in [1.54, 1.807) is 6.07 Å². The molecule has 0 aliphatic carbocycles. The van der Waals surface area contributed by atoms with Crippen LogP contribution in [0.5, 0.6) is 0 Å². The van der Waals surface area contributed by atoms with Crippen molar-refractivity contribution in [2.75, 3.05) is 11.9 Å². The summed E-state index contributed by atoms with van der Waals surface area (Å²) in [6, 6.07) is 12.6. The van der Waals surface area contributed by atoms with Gasteiger partial charge in [-0.2, -0.15) is 0 Å². The molecule has 28 heavy (non-hydrogen) atoms. The molecule has 0 aliphatic rings. The van der Waals surface area contributed by atoms with Crippen LogP contribution < -0.4 is 10.6 Å². The Morgan fingerprint density at radius 2 is 1.96 bits per heavy atom. The summed E-state index contributed by atoms with van der Waals surface area (Å²) in [6.45, 7) is 1.06. The van der Waals surface area contributed by atoms with E-state index in [1.165, 1.54) is 30.6 Å². The lowest BCUT2D eigenvalue weighted by molar-refractivity contribution is -0.152. The van der Waals surface area contributed by atoms with Crippen LogP contribution >= 0.6 is 11.3 Å². The van der Waals surface area contributed by atoms with Crippen molar-refractivity contribution >= 4 is 34.3 Å². The molecule has 2 heterocycles. The third kappa shape index (κ3) is 5.04. The number of anilines is 1. The van der Waals surface area contributed by atoms with Gasteiger partial charge in [-0.05, 0) is 19.1 Å². The molecule has 2 N–H and O–H groups in total. The number of benzene rings is 1. The number of esters is 1. The molecule has 3 rings (SSSR count). The normalized spacial score (nSPS) is 11.5. The number of ether oxygens (including phenoxy) is 1.